The molecule has 0 aromatic carbocycles. The largest absolute Gasteiger partial charge is 0.368 e. The molecule has 0 spiro atoms. The van der Waals surface area contributed by atoms with Crippen molar-refractivity contribution in [3.8, 4) is 0 Å². The van der Waals surface area contributed by atoms with Gasteiger partial charge >= 0.3 is 0 Å². The summed E-state index contributed by atoms with van der Waals surface area (Å²) in [5, 5.41) is 12.5. The second-order valence-electron chi connectivity index (χ2n) is 4.96. The Morgan fingerprint density at radius 1 is 1.41 bits per heavy atom. The van der Waals surface area contributed by atoms with Crippen LogP contribution in [0.5, 0.6) is 0 Å². The van der Waals surface area contributed by atoms with Crippen LogP contribution in [0.25, 0.3) is 5.65 Å². The second kappa shape index (κ2) is 3.98. The summed E-state index contributed by atoms with van der Waals surface area (Å²) in [4.78, 5) is 2.41. The summed E-state index contributed by atoms with van der Waals surface area (Å²) in [5.74, 6) is 0.750. The van der Waals surface area contributed by atoms with Crippen LogP contribution in [0.4, 0.5) is 5.69 Å². The van der Waals surface area contributed by atoms with Crippen LogP contribution in [0, 0.1) is 12.8 Å². The van der Waals surface area contributed by atoms with E-state index in [0.29, 0.717) is 0 Å². The predicted octanol–water partition coefficient (Wildman–Crippen LogP) is 1.67. The molecule has 0 N–H and O–H groups in total. The minimum absolute atomic E-state index is 0.750. The average Bonchev–Trinajstić information content (AvgIpc) is 2.75. The lowest BCUT2D eigenvalue weighted by Gasteiger charge is -2.32. The normalized spacial score (nSPS) is 21.1. The van der Waals surface area contributed by atoms with E-state index in [-0.39, 0.29) is 0 Å². The smallest absolute Gasteiger partial charge is 0.200 e. The third kappa shape index (κ3) is 1.85. The first-order valence-corrected chi connectivity index (χ1v) is 6.16. The first-order chi connectivity index (χ1) is 8.24. The number of aryl methyl sites for hydroxylation is 1. The van der Waals surface area contributed by atoms with Crippen molar-refractivity contribution in [3.05, 3.63) is 18.1 Å². The molecule has 1 aliphatic rings. The van der Waals surface area contributed by atoms with E-state index in [0.717, 1.165) is 30.3 Å². The fourth-order valence-electron chi connectivity index (χ4n) is 2.57. The van der Waals surface area contributed by atoms with E-state index < -0.39 is 0 Å². The van der Waals surface area contributed by atoms with Gasteiger partial charge in [-0.3, -0.25) is 0 Å². The van der Waals surface area contributed by atoms with Crippen molar-refractivity contribution in [2.24, 2.45) is 5.92 Å². The minimum Gasteiger partial charge on any atom is -0.368 e. The van der Waals surface area contributed by atoms with E-state index >= 15 is 0 Å². The zero-order valence-electron chi connectivity index (χ0n) is 10.3. The summed E-state index contributed by atoms with van der Waals surface area (Å²) < 4.78 is 1.77. The highest BCUT2D eigenvalue weighted by Gasteiger charge is 2.20. The van der Waals surface area contributed by atoms with E-state index in [4.69, 9.17) is 0 Å². The monoisotopic (exact) mass is 231 g/mol. The summed E-state index contributed by atoms with van der Waals surface area (Å²) in [5.41, 5.74) is 3.04. The Labute approximate surface area is 100 Å². The maximum Gasteiger partial charge on any atom is 0.200 e. The molecule has 1 atom stereocenters. The molecule has 0 saturated carbocycles. The molecular weight excluding hydrogens is 214 g/mol. The quantitative estimate of drug-likeness (QED) is 0.749. The maximum atomic E-state index is 4.38. The summed E-state index contributed by atoms with van der Waals surface area (Å²) in [6.07, 6.45) is 4.24. The van der Waals surface area contributed by atoms with E-state index in [2.05, 4.69) is 33.2 Å². The van der Waals surface area contributed by atoms with Gasteiger partial charge in [0.05, 0.1) is 11.4 Å². The molecular formula is C12H17N5. The molecule has 1 saturated heterocycles. The van der Waals surface area contributed by atoms with E-state index in [1.54, 1.807) is 10.8 Å². The van der Waals surface area contributed by atoms with Crippen LogP contribution in [0.2, 0.25) is 0 Å². The summed E-state index contributed by atoms with van der Waals surface area (Å²) in [7, 11) is 0. The van der Waals surface area contributed by atoms with E-state index in [9.17, 15) is 0 Å². The highest BCUT2D eigenvalue weighted by atomic mass is 15.4. The maximum absolute atomic E-state index is 4.38. The lowest BCUT2D eigenvalue weighted by atomic mass is 10.00. The molecule has 0 aliphatic carbocycles. The van der Waals surface area contributed by atoms with Gasteiger partial charge in [0.25, 0.3) is 0 Å². The van der Waals surface area contributed by atoms with Gasteiger partial charge in [-0.05, 0) is 31.7 Å². The fourth-order valence-corrected chi connectivity index (χ4v) is 2.57. The number of piperidine rings is 1. The van der Waals surface area contributed by atoms with Gasteiger partial charge in [-0.1, -0.05) is 6.92 Å². The summed E-state index contributed by atoms with van der Waals surface area (Å²) >= 11 is 0. The number of fused-ring (bicyclic) bond motifs is 1. The van der Waals surface area contributed by atoms with Crippen LogP contribution in [-0.2, 0) is 0 Å². The number of hydrogen-bond acceptors (Lipinski definition) is 4. The molecule has 0 bridgehead atoms. The Bertz CT molecular complexity index is 533. The highest BCUT2D eigenvalue weighted by Crippen LogP contribution is 2.25. The predicted molar refractivity (Wildman–Crippen MR) is 66.1 cm³/mol. The number of rotatable bonds is 1. The number of anilines is 1. The van der Waals surface area contributed by atoms with Gasteiger partial charge in [-0.25, -0.2) is 0 Å². The lowest BCUT2D eigenvalue weighted by molar-refractivity contribution is 0.447. The van der Waals surface area contributed by atoms with Crippen molar-refractivity contribution in [2.75, 3.05) is 18.0 Å². The van der Waals surface area contributed by atoms with Crippen molar-refractivity contribution in [2.45, 2.75) is 26.7 Å². The lowest BCUT2D eigenvalue weighted by Crippen LogP contribution is -2.34. The van der Waals surface area contributed by atoms with Crippen LogP contribution in [0.1, 0.15) is 25.5 Å². The molecule has 3 rings (SSSR count). The van der Waals surface area contributed by atoms with Crippen molar-refractivity contribution >= 4 is 11.3 Å². The van der Waals surface area contributed by atoms with Gasteiger partial charge in [0.2, 0.25) is 5.65 Å². The Morgan fingerprint density at radius 2 is 2.29 bits per heavy atom. The Morgan fingerprint density at radius 3 is 3.12 bits per heavy atom. The second-order valence-corrected chi connectivity index (χ2v) is 4.96. The SMILES string of the molecule is Cc1cc(N2CCCC(C)C2)c2nncn2n1. The Balaban J connectivity index is 2.06. The van der Waals surface area contributed by atoms with Crippen LogP contribution in [-0.4, -0.2) is 32.9 Å². The van der Waals surface area contributed by atoms with Crippen LogP contribution in [0.15, 0.2) is 12.4 Å². The van der Waals surface area contributed by atoms with Crippen molar-refractivity contribution in [1.82, 2.24) is 19.8 Å². The first kappa shape index (κ1) is 10.5. The molecule has 5 heteroatoms. The third-order valence-corrected chi connectivity index (χ3v) is 3.37. The molecule has 17 heavy (non-hydrogen) atoms. The molecule has 2 aromatic heterocycles. The van der Waals surface area contributed by atoms with Crippen molar-refractivity contribution in [1.29, 1.82) is 0 Å². The van der Waals surface area contributed by atoms with Gasteiger partial charge in [0.1, 0.15) is 6.33 Å². The topological polar surface area (TPSA) is 46.3 Å². The first-order valence-electron chi connectivity index (χ1n) is 6.16. The molecule has 1 unspecified atom stereocenters. The number of aromatic nitrogens is 4. The number of hydrogen-bond donors (Lipinski definition) is 0. The third-order valence-electron chi connectivity index (χ3n) is 3.37. The molecule has 1 fully saturated rings. The molecule has 0 radical (unpaired) electrons. The van der Waals surface area contributed by atoms with Gasteiger partial charge in [-0.2, -0.15) is 9.61 Å². The Hall–Kier alpha value is -1.65. The summed E-state index contributed by atoms with van der Waals surface area (Å²) in [6, 6.07) is 2.11. The van der Waals surface area contributed by atoms with E-state index in [1.807, 2.05) is 6.92 Å². The van der Waals surface area contributed by atoms with Gasteiger partial charge in [-0.15, -0.1) is 10.2 Å². The van der Waals surface area contributed by atoms with Crippen molar-refractivity contribution < 1.29 is 0 Å². The average molecular weight is 231 g/mol. The standard InChI is InChI=1S/C12H17N5/c1-9-4-3-5-16(7-9)11-6-10(2)15-17-8-13-14-12(11)17/h6,8-9H,3-5,7H2,1-2H3. The van der Waals surface area contributed by atoms with Crippen LogP contribution < -0.4 is 4.90 Å². The Kier molecular flexibility index (Phi) is 2.46. The zero-order valence-corrected chi connectivity index (χ0v) is 10.3. The van der Waals surface area contributed by atoms with Gasteiger partial charge in [0.15, 0.2) is 0 Å². The highest BCUT2D eigenvalue weighted by molar-refractivity contribution is 5.68. The van der Waals surface area contributed by atoms with Crippen molar-refractivity contribution in [3.63, 3.8) is 0 Å². The molecule has 3 heterocycles. The van der Waals surface area contributed by atoms with Gasteiger partial charge < -0.3 is 4.90 Å². The number of nitrogens with zero attached hydrogens (tertiary/aromatic N) is 5. The minimum atomic E-state index is 0.750. The van der Waals surface area contributed by atoms with Crippen LogP contribution >= 0.6 is 0 Å². The van der Waals surface area contributed by atoms with Crippen LogP contribution in [0.3, 0.4) is 0 Å². The molecule has 2 aromatic rings. The van der Waals surface area contributed by atoms with Gasteiger partial charge in [0, 0.05) is 13.1 Å². The zero-order chi connectivity index (χ0) is 11.8. The molecule has 90 valence electrons. The van der Waals surface area contributed by atoms with E-state index in [1.165, 1.54) is 18.5 Å². The summed E-state index contributed by atoms with van der Waals surface area (Å²) in [6.45, 7) is 6.53. The molecule has 1 aliphatic heterocycles. The fraction of sp³-hybridized carbons (Fsp3) is 0.583. The molecule has 0 amide bonds. The molecule has 5 nitrogen and oxygen atoms in total.